The molecule has 1 aromatic carbocycles. The summed E-state index contributed by atoms with van der Waals surface area (Å²) in [7, 11) is 0. The highest BCUT2D eigenvalue weighted by molar-refractivity contribution is 5.85. The predicted octanol–water partition coefficient (Wildman–Crippen LogP) is 3.62. The first-order valence-corrected chi connectivity index (χ1v) is 12.4. The molecule has 1 aromatic rings. The largest absolute Gasteiger partial charge is 0.350 e. The number of nitrogens with zero attached hydrogens (tertiary/aromatic N) is 1. The zero-order chi connectivity index (χ0) is 21.3. The first kappa shape index (κ1) is 21.0. The lowest BCUT2D eigenvalue weighted by Crippen LogP contribution is -2.48. The molecule has 1 aliphatic heterocycles. The van der Waals surface area contributed by atoms with Crippen LogP contribution in [-0.2, 0) is 22.7 Å². The molecular weight excluding hydrogens is 386 g/mol. The van der Waals surface area contributed by atoms with Crippen molar-refractivity contribution in [3.05, 3.63) is 35.4 Å². The van der Waals surface area contributed by atoms with Crippen molar-refractivity contribution in [1.29, 1.82) is 0 Å². The number of hydrogen-bond donors (Lipinski definition) is 2. The fraction of sp³-hybridized carbons (Fsp3) is 0.692. The van der Waals surface area contributed by atoms with Gasteiger partial charge in [0.15, 0.2) is 0 Å². The summed E-state index contributed by atoms with van der Waals surface area (Å²) in [5, 5.41) is 5.91. The van der Waals surface area contributed by atoms with Crippen molar-refractivity contribution in [3.8, 4) is 0 Å². The minimum atomic E-state index is -0.102. The van der Waals surface area contributed by atoms with E-state index in [0.29, 0.717) is 13.0 Å². The third-order valence-corrected chi connectivity index (χ3v) is 8.33. The van der Waals surface area contributed by atoms with Gasteiger partial charge in [-0.15, -0.1) is 0 Å². The zero-order valence-corrected chi connectivity index (χ0v) is 18.7. The summed E-state index contributed by atoms with van der Waals surface area (Å²) in [4.78, 5) is 27.5. The van der Waals surface area contributed by atoms with E-state index in [1.807, 2.05) is 6.07 Å². The lowest BCUT2D eigenvalue weighted by atomic mass is 9.49. The number of amides is 2. The molecule has 5 heteroatoms. The molecule has 1 heterocycles. The summed E-state index contributed by atoms with van der Waals surface area (Å²) in [6.07, 6.45) is 11.0. The predicted molar refractivity (Wildman–Crippen MR) is 121 cm³/mol. The first-order valence-electron chi connectivity index (χ1n) is 12.4. The van der Waals surface area contributed by atoms with E-state index < -0.39 is 0 Å². The number of carbonyl (C=O) groups excluding carboxylic acids is 2. The van der Waals surface area contributed by atoms with Crippen LogP contribution in [0.2, 0.25) is 0 Å². The summed E-state index contributed by atoms with van der Waals surface area (Å²) >= 11 is 0. The molecule has 5 aliphatic rings. The molecule has 0 aromatic heterocycles. The Balaban J connectivity index is 1.07. The van der Waals surface area contributed by atoms with Crippen LogP contribution < -0.4 is 10.6 Å². The van der Waals surface area contributed by atoms with Crippen LogP contribution in [0, 0.1) is 23.2 Å². The van der Waals surface area contributed by atoms with Crippen LogP contribution in [0.25, 0.3) is 0 Å². The number of benzene rings is 1. The SMILES string of the molecule is O=C(CNC(=O)CC12CC3CC(CC(C3)C1)C2)NCc1ccccc1CN1CCCC1. The maximum Gasteiger partial charge on any atom is 0.239 e. The van der Waals surface area contributed by atoms with Crippen molar-refractivity contribution in [2.45, 2.75) is 70.9 Å². The molecule has 4 saturated carbocycles. The maximum absolute atomic E-state index is 12.7. The molecule has 1 saturated heterocycles. The van der Waals surface area contributed by atoms with Gasteiger partial charge in [-0.3, -0.25) is 14.5 Å². The van der Waals surface area contributed by atoms with Crippen LogP contribution in [0.1, 0.15) is 68.9 Å². The highest BCUT2D eigenvalue weighted by atomic mass is 16.2. The Morgan fingerprint density at radius 1 is 0.871 bits per heavy atom. The zero-order valence-electron chi connectivity index (χ0n) is 18.7. The van der Waals surface area contributed by atoms with Gasteiger partial charge in [0.25, 0.3) is 0 Å². The van der Waals surface area contributed by atoms with Crippen LogP contribution in [0.3, 0.4) is 0 Å². The smallest absolute Gasteiger partial charge is 0.239 e. The summed E-state index contributed by atoms with van der Waals surface area (Å²) in [5.41, 5.74) is 2.68. The average Bonchev–Trinajstić information content (AvgIpc) is 3.23. The summed E-state index contributed by atoms with van der Waals surface area (Å²) < 4.78 is 0. The van der Waals surface area contributed by atoms with Crippen LogP contribution in [0.15, 0.2) is 24.3 Å². The van der Waals surface area contributed by atoms with E-state index in [2.05, 4.69) is 33.7 Å². The van der Waals surface area contributed by atoms with Crippen LogP contribution >= 0.6 is 0 Å². The van der Waals surface area contributed by atoms with E-state index in [1.54, 1.807) is 0 Å². The quantitative estimate of drug-likeness (QED) is 0.671. The second-order valence-electron chi connectivity index (χ2n) is 10.9. The van der Waals surface area contributed by atoms with E-state index in [-0.39, 0.29) is 23.8 Å². The molecule has 6 rings (SSSR count). The van der Waals surface area contributed by atoms with E-state index in [4.69, 9.17) is 0 Å². The summed E-state index contributed by atoms with van der Waals surface area (Å²) in [6, 6.07) is 8.36. The second-order valence-corrected chi connectivity index (χ2v) is 10.9. The average molecular weight is 424 g/mol. The van der Waals surface area contributed by atoms with Crippen LogP contribution in [0.4, 0.5) is 0 Å². The normalized spacial score (nSPS) is 31.7. The summed E-state index contributed by atoms with van der Waals surface area (Å²) in [6.45, 7) is 3.88. The fourth-order valence-electron chi connectivity index (χ4n) is 7.41. The molecule has 0 atom stereocenters. The Hall–Kier alpha value is -1.88. The monoisotopic (exact) mass is 423 g/mol. The third kappa shape index (κ3) is 4.97. The number of likely N-dealkylation sites (tertiary alicyclic amines) is 1. The van der Waals surface area contributed by atoms with Crippen molar-refractivity contribution in [1.82, 2.24) is 15.5 Å². The van der Waals surface area contributed by atoms with Crippen molar-refractivity contribution < 1.29 is 9.59 Å². The van der Waals surface area contributed by atoms with Gasteiger partial charge >= 0.3 is 0 Å². The Labute approximate surface area is 186 Å². The molecule has 0 radical (unpaired) electrons. The van der Waals surface area contributed by atoms with Crippen LogP contribution in [-0.4, -0.2) is 36.3 Å². The molecular formula is C26H37N3O2. The molecule has 2 amide bonds. The standard InChI is InChI=1S/C26H37N3O2/c30-24(15-26-12-19-9-20(13-26)11-21(10-19)14-26)28-17-25(31)27-16-22-5-1-2-6-23(22)18-29-7-3-4-8-29/h1-2,5-6,19-21H,3-4,7-18H2,(H,27,31)(H,28,30). The van der Waals surface area contributed by atoms with E-state index in [0.717, 1.165) is 37.4 Å². The molecule has 4 aliphatic carbocycles. The van der Waals surface area contributed by atoms with Gasteiger partial charge < -0.3 is 10.6 Å². The number of nitrogens with one attached hydrogen (secondary N) is 2. The Morgan fingerprint density at radius 2 is 1.48 bits per heavy atom. The molecule has 4 bridgehead atoms. The topological polar surface area (TPSA) is 61.4 Å². The molecule has 0 unspecified atom stereocenters. The molecule has 31 heavy (non-hydrogen) atoms. The fourth-order valence-corrected chi connectivity index (χ4v) is 7.41. The highest BCUT2D eigenvalue weighted by Gasteiger charge is 2.51. The number of rotatable bonds is 8. The van der Waals surface area contributed by atoms with Gasteiger partial charge in [0, 0.05) is 19.5 Å². The highest BCUT2D eigenvalue weighted by Crippen LogP contribution is 2.61. The molecule has 168 valence electrons. The van der Waals surface area contributed by atoms with E-state index in [1.165, 1.54) is 62.5 Å². The lowest BCUT2D eigenvalue weighted by Gasteiger charge is -2.56. The molecule has 5 fully saturated rings. The van der Waals surface area contributed by atoms with Crippen LogP contribution in [0.5, 0.6) is 0 Å². The molecule has 2 N–H and O–H groups in total. The molecule has 5 nitrogen and oxygen atoms in total. The van der Waals surface area contributed by atoms with Gasteiger partial charge in [0.05, 0.1) is 6.54 Å². The van der Waals surface area contributed by atoms with Gasteiger partial charge in [0.1, 0.15) is 0 Å². The van der Waals surface area contributed by atoms with Gasteiger partial charge in [-0.05, 0) is 98.8 Å². The van der Waals surface area contributed by atoms with Crippen molar-refractivity contribution >= 4 is 11.8 Å². The number of hydrogen-bond acceptors (Lipinski definition) is 3. The summed E-state index contributed by atoms with van der Waals surface area (Å²) in [5.74, 6) is 2.51. The van der Waals surface area contributed by atoms with Gasteiger partial charge in [0.2, 0.25) is 11.8 Å². The second kappa shape index (κ2) is 8.93. The van der Waals surface area contributed by atoms with Crippen molar-refractivity contribution in [2.75, 3.05) is 19.6 Å². The Morgan fingerprint density at radius 3 is 2.13 bits per heavy atom. The van der Waals surface area contributed by atoms with Gasteiger partial charge in [-0.25, -0.2) is 0 Å². The minimum absolute atomic E-state index is 0.0616. The van der Waals surface area contributed by atoms with Gasteiger partial charge in [-0.1, -0.05) is 24.3 Å². The minimum Gasteiger partial charge on any atom is -0.350 e. The third-order valence-electron chi connectivity index (χ3n) is 8.33. The van der Waals surface area contributed by atoms with Gasteiger partial charge in [-0.2, -0.15) is 0 Å². The number of carbonyl (C=O) groups is 2. The van der Waals surface area contributed by atoms with E-state index >= 15 is 0 Å². The lowest BCUT2D eigenvalue weighted by molar-refractivity contribution is -0.131. The first-order chi connectivity index (χ1) is 15.1. The Kier molecular flexibility index (Phi) is 6.05. The Bertz CT molecular complexity index is 779. The maximum atomic E-state index is 12.7. The van der Waals surface area contributed by atoms with Crippen molar-refractivity contribution in [2.24, 2.45) is 23.2 Å². The van der Waals surface area contributed by atoms with Crippen molar-refractivity contribution in [3.63, 3.8) is 0 Å². The van der Waals surface area contributed by atoms with E-state index in [9.17, 15) is 9.59 Å². The molecule has 0 spiro atoms.